The van der Waals surface area contributed by atoms with Gasteiger partial charge < -0.3 is 9.84 Å². The first-order valence-electron chi connectivity index (χ1n) is 9.75. The first-order chi connectivity index (χ1) is 14.1. The molecule has 0 saturated carbocycles. The van der Waals surface area contributed by atoms with Crippen molar-refractivity contribution in [2.75, 3.05) is 13.7 Å². The lowest BCUT2D eigenvalue weighted by Crippen LogP contribution is -2.47. The predicted molar refractivity (Wildman–Crippen MR) is 109 cm³/mol. The van der Waals surface area contributed by atoms with Gasteiger partial charge >= 0.3 is 5.97 Å². The highest BCUT2D eigenvalue weighted by Gasteiger charge is 2.36. The number of carboxylic acid groups (broad SMARTS) is 1. The van der Waals surface area contributed by atoms with Crippen LogP contribution in [0.4, 0.5) is 4.39 Å². The minimum atomic E-state index is -0.862. The Labute approximate surface area is 168 Å². The van der Waals surface area contributed by atoms with Crippen molar-refractivity contribution in [3.05, 3.63) is 71.7 Å². The number of methoxy groups -OCH3 is 1. The van der Waals surface area contributed by atoms with Crippen LogP contribution in [0, 0.1) is 5.82 Å². The molecule has 0 spiro atoms. The molecule has 1 aromatic heterocycles. The first kappa shape index (κ1) is 19.3. The van der Waals surface area contributed by atoms with E-state index in [-0.39, 0.29) is 5.82 Å². The second-order valence-corrected chi connectivity index (χ2v) is 7.34. The lowest BCUT2D eigenvalue weighted by molar-refractivity contribution is -0.145. The molecule has 150 valence electrons. The van der Waals surface area contributed by atoms with Crippen molar-refractivity contribution in [2.45, 2.75) is 31.3 Å². The number of piperidine rings is 1. The van der Waals surface area contributed by atoms with Gasteiger partial charge in [-0.25, -0.2) is 4.39 Å². The van der Waals surface area contributed by atoms with Crippen LogP contribution in [-0.2, 0) is 4.79 Å². The van der Waals surface area contributed by atoms with Gasteiger partial charge in [-0.1, -0.05) is 24.6 Å². The number of nitrogens with zero attached hydrogens (tertiary/aromatic N) is 2. The normalized spacial score (nSPS) is 18.5. The number of fused-ring (bicyclic) bond motifs is 1. The fraction of sp³-hybridized carbons (Fsp3) is 0.304. The van der Waals surface area contributed by atoms with Crippen LogP contribution in [0.15, 0.2) is 54.7 Å². The Balaban J connectivity index is 1.91. The van der Waals surface area contributed by atoms with Crippen LogP contribution in [0.3, 0.4) is 0 Å². The lowest BCUT2D eigenvalue weighted by atomic mass is 9.91. The third-order valence-corrected chi connectivity index (χ3v) is 5.57. The number of para-hydroxylation sites is 1. The van der Waals surface area contributed by atoms with Gasteiger partial charge in [-0.15, -0.1) is 0 Å². The maximum Gasteiger partial charge on any atom is 0.320 e. The summed E-state index contributed by atoms with van der Waals surface area (Å²) in [6.07, 6.45) is 4.06. The number of carbonyl (C=O) groups is 1. The summed E-state index contributed by atoms with van der Waals surface area (Å²) in [5.74, 6) is -0.721. The second kappa shape index (κ2) is 8.17. The number of aromatic nitrogens is 1. The number of halogens is 1. The van der Waals surface area contributed by atoms with Gasteiger partial charge in [-0.3, -0.25) is 14.7 Å². The van der Waals surface area contributed by atoms with E-state index in [9.17, 15) is 14.3 Å². The average molecular weight is 394 g/mol. The molecule has 29 heavy (non-hydrogen) atoms. The second-order valence-electron chi connectivity index (χ2n) is 7.34. The van der Waals surface area contributed by atoms with E-state index in [2.05, 4.69) is 4.98 Å². The van der Waals surface area contributed by atoms with Crippen molar-refractivity contribution in [1.82, 2.24) is 9.88 Å². The van der Waals surface area contributed by atoms with Crippen molar-refractivity contribution in [3.63, 3.8) is 0 Å². The molecule has 0 radical (unpaired) electrons. The quantitative estimate of drug-likeness (QED) is 0.694. The Bertz CT molecular complexity index is 1040. The highest BCUT2D eigenvalue weighted by Crippen LogP contribution is 2.39. The summed E-state index contributed by atoms with van der Waals surface area (Å²) < 4.78 is 19.7. The molecule has 6 heteroatoms. The smallest absolute Gasteiger partial charge is 0.320 e. The number of rotatable bonds is 5. The summed E-state index contributed by atoms with van der Waals surface area (Å²) in [4.78, 5) is 18.5. The van der Waals surface area contributed by atoms with Crippen LogP contribution in [0.2, 0.25) is 0 Å². The molecule has 5 nitrogen and oxygen atoms in total. The van der Waals surface area contributed by atoms with Crippen LogP contribution >= 0.6 is 0 Å². The third-order valence-electron chi connectivity index (χ3n) is 5.57. The molecule has 2 aromatic carbocycles. The van der Waals surface area contributed by atoms with Gasteiger partial charge in [0.1, 0.15) is 17.6 Å². The van der Waals surface area contributed by atoms with E-state index < -0.39 is 18.1 Å². The summed E-state index contributed by atoms with van der Waals surface area (Å²) in [5, 5.41) is 10.8. The highest BCUT2D eigenvalue weighted by molar-refractivity contribution is 5.79. The molecule has 1 aliphatic heterocycles. The molecule has 2 heterocycles. The molecule has 1 fully saturated rings. The molecule has 2 unspecified atom stereocenters. The van der Waals surface area contributed by atoms with Crippen LogP contribution in [0.25, 0.3) is 10.9 Å². The number of ether oxygens (including phenoxy) is 1. The zero-order valence-corrected chi connectivity index (χ0v) is 16.2. The molecule has 4 rings (SSSR count). The summed E-state index contributed by atoms with van der Waals surface area (Å²) in [7, 11) is 1.54. The standard InChI is InChI=1S/C23H23FN2O3/c1-29-21-10-9-17(24)13-18(21)22(26-11-5-4-8-20(26)23(27)28)16-12-15-6-2-3-7-19(15)25-14-16/h2-3,6-7,9-10,12-14,20,22H,4-5,8,11H2,1H3,(H,27,28). The van der Waals surface area contributed by atoms with E-state index in [1.165, 1.54) is 19.2 Å². The zero-order chi connectivity index (χ0) is 20.4. The molecule has 0 aliphatic carbocycles. The van der Waals surface area contributed by atoms with Gasteiger partial charge in [0, 0.05) is 17.1 Å². The van der Waals surface area contributed by atoms with E-state index >= 15 is 0 Å². The van der Waals surface area contributed by atoms with E-state index in [0.29, 0.717) is 24.3 Å². The molecule has 0 bridgehead atoms. The Morgan fingerprint density at radius 2 is 2.07 bits per heavy atom. The van der Waals surface area contributed by atoms with Crippen LogP contribution in [0.1, 0.15) is 36.4 Å². The summed E-state index contributed by atoms with van der Waals surface area (Å²) in [6, 6.07) is 13.0. The number of aliphatic carboxylic acids is 1. The Morgan fingerprint density at radius 1 is 1.24 bits per heavy atom. The van der Waals surface area contributed by atoms with Gasteiger partial charge in [0.05, 0.1) is 18.7 Å². The van der Waals surface area contributed by atoms with E-state index in [1.807, 2.05) is 35.2 Å². The first-order valence-corrected chi connectivity index (χ1v) is 9.75. The molecule has 1 N–H and O–H groups in total. The van der Waals surface area contributed by atoms with Crippen molar-refractivity contribution >= 4 is 16.9 Å². The zero-order valence-electron chi connectivity index (χ0n) is 16.2. The fourth-order valence-electron chi connectivity index (χ4n) is 4.23. The van der Waals surface area contributed by atoms with E-state index in [4.69, 9.17) is 4.74 Å². The van der Waals surface area contributed by atoms with Gasteiger partial charge in [0.25, 0.3) is 0 Å². The maximum atomic E-state index is 14.2. The van der Waals surface area contributed by atoms with Crippen molar-refractivity contribution in [1.29, 1.82) is 0 Å². The minimum Gasteiger partial charge on any atom is -0.496 e. The Kier molecular flexibility index (Phi) is 5.45. The van der Waals surface area contributed by atoms with Crippen LogP contribution in [-0.4, -0.2) is 40.7 Å². The Hall–Kier alpha value is -2.99. The number of hydrogen-bond donors (Lipinski definition) is 1. The molecule has 1 saturated heterocycles. The van der Waals surface area contributed by atoms with Gasteiger partial charge in [-0.2, -0.15) is 0 Å². The maximum absolute atomic E-state index is 14.2. The molecular weight excluding hydrogens is 371 g/mol. The largest absolute Gasteiger partial charge is 0.496 e. The van der Waals surface area contributed by atoms with E-state index in [1.54, 1.807) is 12.3 Å². The number of likely N-dealkylation sites (tertiary alicyclic amines) is 1. The average Bonchev–Trinajstić information content (AvgIpc) is 2.74. The lowest BCUT2D eigenvalue weighted by Gasteiger charge is -2.40. The van der Waals surface area contributed by atoms with Crippen molar-refractivity contribution in [3.8, 4) is 5.75 Å². The van der Waals surface area contributed by atoms with Gasteiger partial charge in [0.15, 0.2) is 0 Å². The topological polar surface area (TPSA) is 62.7 Å². The molecule has 1 aliphatic rings. The van der Waals surface area contributed by atoms with Crippen LogP contribution in [0.5, 0.6) is 5.75 Å². The third kappa shape index (κ3) is 3.80. The van der Waals surface area contributed by atoms with Gasteiger partial charge in [0.2, 0.25) is 0 Å². The summed E-state index contributed by atoms with van der Waals surface area (Å²) in [5.41, 5.74) is 2.29. The number of pyridine rings is 1. The Morgan fingerprint density at radius 3 is 2.86 bits per heavy atom. The number of hydrogen-bond acceptors (Lipinski definition) is 4. The molecular formula is C23H23FN2O3. The minimum absolute atomic E-state index is 0.386. The van der Waals surface area contributed by atoms with Crippen molar-refractivity contribution in [2.24, 2.45) is 0 Å². The molecule has 0 amide bonds. The number of benzene rings is 2. The van der Waals surface area contributed by atoms with E-state index in [0.717, 1.165) is 29.3 Å². The summed E-state index contributed by atoms with van der Waals surface area (Å²) >= 11 is 0. The molecule has 3 aromatic rings. The predicted octanol–water partition coefficient (Wildman–Crippen LogP) is 4.41. The number of carboxylic acids is 1. The summed E-state index contributed by atoms with van der Waals surface area (Å²) in [6.45, 7) is 0.605. The SMILES string of the molecule is COc1ccc(F)cc1C(c1cnc2ccccc2c1)N1CCCCC1C(=O)O. The van der Waals surface area contributed by atoms with Gasteiger partial charge in [-0.05, 0) is 55.3 Å². The van der Waals surface area contributed by atoms with Crippen LogP contribution < -0.4 is 4.74 Å². The highest BCUT2D eigenvalue weighted by atomic mass is 19.1. The molecule has 2 atom stereocenters. The van der Waals surface area contributed by atoms with Crippen molar-refractivity contribution < 1.29 is 19.0 Å². The fourth-order valence-corrected chi connectivity index (χ4v) is 4.23. The monoisotopic (exact) mass is 394 g/mol.